The molecule has 1 heterocycles. The lowest BCUT2D eigenvalue weighted by Gasteiger charge is -2.28. The van der Waals surface area contributed by atoms with Crippen LogP contribution in [0.4, 0.5) is 11.4 Å². The second-order valence-electron chi connectivity index (χ2n) is 4.88. The first-order valence-corrected chi connectivity index (χ1v) is 6.98. The topological polar surface area (TPSA) is 50.4 Å². The molecule has 1 unspecified atom stereocenters. The van der Waals surface area contributed by atoms with Crippen LogP contribution >= 0.6 is 11.6 Å². The summed E-state index contributed by atoms with van der Waals surface area (Å²) in [6, 6.07) is 13.8. The largest absolute Gasteiger partial charge is 0.373 e. The van der Waals surface area contributed by atoms with Crippen LogP contribution in [-0.4, -0.2) is 18.3 Å². The Balaban J connectivity index is 2.16. The van der Waals surface area contributed by atoms with E-state index in [-0.39, 0.29) is 6.04 Å². The molecule has 3 rings (SSSR count). The Labute approximate surface area is 123 Å². The van der Waals surface area contributed by atoms with Crippen LogP contribution in [0.25, 0.3) is 0 Å². The molecule has 3 N–H and O–H groups in total. The van der Waals surface area contributed by atoms with E-state index in [0.29, 0.717) is 11.6 Å². The number of aryl methyl sites for hydroxylation is 1. The Hall–Kier alpha value is -1.84. The number of nitrogens with zero attached hydrogens (tertiary/aromatic N) is 1. The van der Waals surface area contributed by atoms with Gasteiger partial charge in [0.15, 0.2) is 0 Å². The highest BCUT2D eigenvalue weighted by atomic mass is 35.5. The fourth-order valence-corrected chi connectivity index (χ4v) is 2.70. The third-order valence-electron chi connectivity index (χ3n) is 3.53. The van der Waals surface area contributed by atoms with Crippen molar-refractivity contribution < 1.29 is 0 Å². The number of nitrogens with one attached hydrogen (secondary N) is 1. The fraction of sp³-hybridized carbons (Fsp3) is 0.188. The number of halogens is 1. The maximum atomic E-state index is 6.29. The van der Waals surface area contributed by atoms with Crippen molar-refractivity contribution in [2.24, 2.45) is 10.7 Å². The van der Waals surface area contributed by atoms with Crippen molar-refractivity contribution >= 4 is 28.7 Å². The molecule has 0 radical (unpaired) electrons. The fourth-order valence-electron chi connectivity index (χ4n) is 2.47. The third kappa shape index (κ3) is 2.19. The molecule has 0 fully saturated rings. The van der Waals surface area contributed by atoms with Gasteiger partial charge in [-0.1, -0.05) is 41.9 Å². The molecular formula is C16H16ClN3. The minimum Gasteiger partial charge on any atom is -0.373 e. The normalized spacial score (nSPS) is 17.1. The van der Waals surface area contributed by atoms with Crippen LogP contribution in [0.5, 0.6) is 0 Å². The van der Waals surface area contributed by atoms with Gasteiger partial charge in [0.2, 0.25) is 0 Å². The summed E-state index contributed by atoms with van der Waals surface area (Å²) < 4.78 is 0. The van der Waals surface area contributed by atoms with Gasteiger partial charge in [-0.2, -0.15) is 0 Å². The zero-order valence-electron chi connectivity index (χ0n) is 11.2. The summed E-state index contributed by atoms with van der Waals surface area (Å²) in [6.45, 7) is 2.53. The van der Waals surface area contributed by atoms with Gasteiger partial charge in [-0.25, -0.2) is 4.99 Å². The first kappa shape index (κ1) is 13.2. The van der Waals surface area contributed by atoms with Gasteiger partial charge in [0.1, 0.15) is 0 Å². The van der Waals surface area contributed by atoms with E-state index in [1.165, 1.54) is 5.56 Å². The molecule has 0 saturated heterocycles. The monoisotopic (exact) mass is 285 g/mol. The number of benzene rings is 2. The predicted molar refractivity (Wildman–Crippen MR) is 85.3 cm³/mol. The summed E-state index contributed by atoms with van der Waals surface area (Å²) in [5.74, 6) is 0. The molecule has 102 valence electrons. The second-order valence-corrected chi connectivity index (χ2v) is 5.29. The number of rotatable bonds is 2. The Morgan fingerprint density at radius 3 is 2.75 bits per heavy atom. The van der Waals surface area contributed by atoms with Crippen LogP contribution in [0.2, 0.25) is 5.02 Å². The quantitative estimate of drug-likeness (QED) is 0.887. The van der Waals surface area contributed by atoms with E-state index >= 15 is 0 Å². The van der Waals surface area contributed by atoms with Gasteiger partial charge in [0, 0.05) is 17.1 Å². The first-order valence-electron chi connectivity index (χ1n) is 6.60. The van der Waals surface area contributed by atoms with Gasteiger partial charge in [-0.15, -0.1) is 0 Å². The maximum Gasteiger partial charge on any atom is 0.0868 e. The lowest BCUT2D eigenvalue weighted by atomic mass is 9.99. The number of hydrogen-bond acceptors (Lipinski definition) is 3. The number of para-hydroxylation sites is 1. The lowest BCUT2D eigenvalue weighted by Crippen LogP contribution is -2.39. The van der Waals surface area contributed by atoms with E-state index in [0.717, 1.165) is 22.6 Å². The molecule has 1 atom stereocenters. The van der Waals surface area contributed by atoms with E-state index in [4.69, 9.17) is 22.3 Å². The van der Waals surface area contributed by atoms with Crippen LogP contribution in [0.15, 0.2) is 47.5 Å². The minimum atomic E-state index is -0.0245. The SMILES string of the molecule is Cc1cccc2c1NC(CN)C(c1ccccc1Cl)=N2. The van der Waals surface area contributed by atoms with Gasteiger partial charge >= 0.3 is 0 Å². The van der Waals surface area contributed by atoms with Crippen molar-refractivity contribution in [1.82, 2.24) is 0 Å². The van der Waals surface area contributed by atoms with E-state index < -0.39 is 0 Å². The van der Waals surface area contributed by atoms with Crippen LogP contribution in [0.3, 0.4) is 0 Å². The van der Waals surface area contributed by atoms with Crippen molar-refractivity contribution in [3.8, 4) is 0 Å². The lowest BCUT2D eigenvalue weighted by molar-refractivity contribution is 0.902. The molecule has 0 aromatic heterocycles. The summed E-state index contributed by atoms with van der Waals surface area (Å²) in [6.07, 6.45) is 0. The molecule has 4 heteroatoms. The van der Waals surface area contributed by atoms with Gasteiger partial charge in [-0.05, 0) is 24.6 Å². The van der Waals surface area contributed by atoms with Crippen LogP contribution in [-0.2, 0) is 0 Å². The van der Waals surface area contributed by atoms with Gasteiger partial charge < -0.3 is 11.1 Å². The standard InChI is InChI=1S/C16H16ClN3/c1-10-5-4-8-13-15(10)20-14(9-18)16(19-13)11-6-2-3-7-12(11)17/h2-8,14,20H,9,18H2,1H3. The molecule has 20 heavy (non-hydrogen) atoms. The molecule has 1 aliphatic rings. The van der Waals surface area contributed by atoms with E-state index in [2.05, 4.69) is 18.3 Å². The molecule has 0 spiro atoms. The van der Waals surface area contributed by atoms with Crippen molar-refractivity contribution in [3.63, 3.8) is 0 Å². The Morgan fingerprint density at radius 1 is 1.20 bits per heavy atom. The van der Waals surface area contributed by atoms with Crippen LogP contribution in [0, 0.1) is 6.92 Å². The van der Waals surface area contributed by atoms with Gasteiger partial charge in [0.25, 0.3) is 0 Å². The number of fused-ring (bicyclic) bond motifs is 1. The molecule has 2 aromatic rings. The van der Waals surface area contributed by atoms with E-state index in [9.17, 15) is 0 Å². The van der Waals surface area contributed by atoms with Crippen LogP contribution in [0.1, 0.15) is 11.1 Å². The first-order chi connectivity index (χ1) is 9.70. The summed E-state index contributed by atoms with van der Waals surface area (Å²) in [5.41, 5.74) is 10.9. The molecule has 2 aromatic carbocycles. The highest BCUT2D eigenvalue weighted by Gasteiger charge is 2.24. The molecule has 0 amide bonds. The highest BCUT2D eigenvalue weighted by Crippen LogP contribution is 2.34. The Kier molecular flexibility index (Phi) is 3.47. The molecule has 0 bridgehead atoms. The highest BCUT2D eigenvalue weighted by molar-refractivity contribution is 6.35. The van der Waals surface area contributed by atoms with Crippen molar-refractivity contribution in [1.29, 1.82) is 0 Å². The number of anilines is 1. The second kappa shape index (κ2) is 5.27. The average molecular weight is 286 g/mol. The van der Waals surface area contributed by atoms with Crippen molar-refractivity contribution in [2.75, 3.05) is 11.9 Å². The average Bonchev–Trinajstić information content (AvgIpc) is 2.47. The van der Waals surface area contributed by atoms with Crippen LogP contribution < -0.4 is 11.1 Å². The summed E-state index contributed by atoms with van der Waals surface area (Å²) >= 11 is 6.29. The molecular weight excluding hydrogens is 270 g/mol. The van der Waals surface area contributed by atoms with E-state index in [1.54, 1.807) is 0 Å². The van der Waals surface area contributed by atoms with Gasteiger partial charge in [-0.3, -0.25) is 0 Å². The summed E-state index contributed by atoms with van der Waals surface area (Å²) in [4.78, 5) is 4.78. The molecule has 0 aliphatic carbocycles. The van der Waals surface area contributed by atoms with Crippen molar-refractivity contribution in [3.05, 3.63) is 58.6 Å². The third-order valence-corrected chi connectivity index (χ3v) is 3.86. The summed E-state index contributed by atoms with van der Waals surface area (Å²) in [7, 11) is 0. The van der Waals surface area contributed by atoms with Gasteiger partial charge in [0.05, 0.1) is 23.1 Å². The molecule has 3 nitrogen and oxygen atoms in total. The minimum absolute atomic E-state index is 0.0245. The zero-order chi connectivity index (χ0) is 14.1. The number of nitrogens with two attached hydrogens (primary N) is 1. The zero-order valence-corrected chi connectivity index (χ0v) is 12.0. The number of aliphatic imine (C=N–C) groups is 1. The van der Waals surface area contributed by atoms with Crippen molar-refractivity contribution in [2.45, 2.75) is 13.0 Å². The molecule has 1 aliphatic heterocycles. The smallest absolute Gasteiger partial charge is 0.0868 e. The number of hydrogen-bond donors (Lipinski definition) is 2. The van der Waals surface area contributed by atoms with E-state index in [1.807, 2.05) is 36.4 Å². The Morgan fingerprint density at radius 2 is 2.00 bits per heavy atom. The molecule has 0 saturated carbocycles. The predicted octanol–water partition coefficient (Wildman–Crippen LogP) is 3.52. The maximum absolute atomic E-state index is 6.29. The summed E-state index contributed by atoms with van der Waals surface area (Å²) in [5, 5.41) is 4.17. The Bertz CT molecular complexity index is 679.